The first-order valence-electron chi connectivity index (χ1n) is 5.98. The maximum Gasteiger partial charge on any atom is 0.0335 e. The second-order valence-corrected chi connectivity index (χ2v) is 5.12. The summed E-state index contributed by atoms with van der Waals surface area (Å²) in [5, 5.41) is 3.50. The van der Waals surface area contributed by atoms with E-state index in [9.17, 15) is 0 Å². The molecule has 1 unspecified atom stereocenters. The van der Waals surface area contributed by atoms with E-state index in [0.29, 0.717) is 11.5 Å². The summed E-state index contributed by atoms with van der Waals surface area (Å²) in [7, 11) is 0. The fraction of sp³-hybridized carbons (Fsp3) is 0.571. The van der Waals surface area contributed by atoms with Crippen molar-refractivity contribution in [3.63, 3.8) is 0 Å². The normalized spacial score (nSPS) is 21.1. The number of hydrogen-bond donors (Lipinski definition) is 1. The molecule has 1 nitrogen and oxygen atoms in total. The van der Waals surface area contributed by atoms with Gasteiger partial charge < -0.3 is 5.32 Å². The van der Waals surface area contributed by atoms with Crippen LogP contribution in [0.3, 0.4) is 0 Å². The van der Waals surface area contributed by atoms with Gasteiger partial charge in [0.1, 0.15) is 0 Å². The number of rotatable bonds is 3. The molecule has 1 saturated heterocycles. The molecular weight excluding hydrogens is 182 g/mol. The number of nitrogens with one attached hydrogen (secondary N) is 1. The Labute approximate surface area is 92.9 Å². The van der Waals surface area contributed by atoms with Gasteiger partial charge in [0.25, 0.3) is 0 Å². The lowest BCUT2D eigenvalue weighted by molar-refractivity contribution is 0.372. The molecule has 1 heteroatoms. The molecule has 1 N–H and O–H groups in total. The summed E-state index contributed by atoms with van der Waals surface area (Å²) in [5.74, 6) is 0. The van der Waals surface area contributed by atoms with Gasteiger partial charge in [0.2, 0.25) is 0 Å². The molecule has 0 radical (unpaired) electrons. The molecule has 1 aromatic carbocycles. The fourth-order valence-corrected chi connectivity index (χ4v) is 2.16. The Morgan fingerprint density at radius 2 is 2.00 bits per heavy atom. The maximum absolute atomic E-state index is 3.50. The summed E-state index contributed by atoms with van der Waals surface area (Å²) < 4.78 is 0. The number of hydrogen-bond acceptors (Lipinski definition) is 1. The highest BCUT2D eigenvalue weighted by molar-refractivity contribution is 5.36. The molecule has 0 saturated carbocycles. The Hall–Kier alpha value is -0.820. The van der Waals surface area contributed by atoms with Crippen molar-refractivity contribution in [1.82, 2.24) is 5.32 Å². The summed E-state index contributed by atoms with van der Waals surface area (Å²) in [6.45, 7) is 8.12. The van der Waals surface area contributed by atoms with Crippen LogP contribution in [0.1, 0.15) is 50.8 Å². The van der Waals surface area contributed by atoms with Crippen LogP contribution in [-0.2, 0) is 5.41 Å². The molecule has 0 bridgehead atoms. The standard InChI is InChI=1S/C14H21N/c1-4-14(2,3)12-8-6-5-7-11(12)13-9-10-15-13/h5-8,13,15H,4,9-10H2,1-3H3. The van der Waals surface area contributed by atoms with E-state index in [-0.39, 0.29) is 0 Å². The van der Waals surface area contributed by atoms with Gasteiger partial charge in [-0.2, -0.15) is 0 Å². The molecule has 82 valence electrons. The lowest BCUT2D eigenvalue weighted by atomic mass is 9.77. The van der Waals surface area contributed by atoms with Crippen molar-refractivity contribution in [2.45, 2.75) is 45.1 Å². The molecular formula is C14H21N. The van der Waals surface area contributed by atoms with Crippen molar-refractivity contribution < 1.29 is 0 Å². The third-order valence-electron chi connectivity index (χ3n) is 3.77. The molecule has 1 aliphatic heterocycles. The highest BCUT2D eigenvalue weighted by Gasteiger charge is 2.27. The lowest BCUT2D eigenvalue weighted by Crippen LogP contribution is -2.36. The van der Waals surface area contributed by atoms with Gasteiger partial charge in [0.15, 0.2) is 0 Å². The zero-order valence-corrected chi connectivity index (χ0v) is 10.0. The largest absolute Gasteiger partial charge is 0.310 e. The SMILES string of the molecule is CCC(C)(C)c1ccccc1C1CCN1. The van der Waals surface area contributed by atoms with E-state index >= 15 is 0 Å². The van der Waals surface area contributed by atoms with Gasteiger partial charge >= 0.3 is 0 Å². The van der Waals surface area contributed by atoms with Gasteiger partial charge in [0, 0.05) is 6.04 Å². The first kappa shape index (κ1) is 10.7. The van der Waals surface area contributed by atoms with E-state index in [1.54, 1.807) is 0 Å². The van der Waals surface area contributed by atoms with Crippen molar-refractivity contribution in [1.29, 1.82) is 0 Å². The highest BCUT2D eigenvalue weighted by Crippen LogP contribution is 2.35. The molecule has 0 aromatic heterocycles. The molecule has 0 amide bonds. The third-order valence-corrected chi connectivity index (χ3v) is 3.77. The van der Waals surface area contributed by atoms with E-state index in [1.807, 2.05) is 0 Å². The summed E-state index contributed by atoms with van der Waals surface area (Å²) in [4.78, 5) is 0. The van der Waals surface area contributed by atoms with Crippen LogP contribution in [0.5, 0.6) is 0 Å². The Kier molecular flexibility index (Phi) is 2.83. The summed E-state index contributed by atoms with van der Waals surface area (Å²) in [6.07, 6.45) is 2.48. The lowest BCUT2D eigenvalue weighted by Gasteiger charge is -2.34. The van der Waals surface area contributed by atoms with Crippen LogP contribution in [-0.4, -0.2) is 6.54 Å². The average Bonchev–Trinajstić information content (AvgIpc) is 2.16. The van der Waals surface area contributed by atoms with Crippen LogP contribution >= 0.6 is 0 Å². The monoisotopic (exact) mass is 203 g/mol. The fourth-order valence-electron chi connectivity index (χ4n) is 2.16. The van der Waals surface area contributed by atoms with Crippen LogP contribution in [0.15, 0.2) is 24.3 Å². The Morgan fingerprint density at radius 1 is 1.33 bits per heavy atom. The molecule has 1 aromatic rings. The quantitative estimate of drug-likeness (QED) is 0.794. The van der Waals surface area contributed by atoms with E-state index in [4.69, 9.17) is 0 Å². The summed E-state index contributed by atoms with van der Waals surface area (Å²) in [5.41, 5.74) is 3.33. The first-order valence-corrected chi connectivity index (χ1v) is 5.98. The van der Waals surface area contributed by atoms with Gasteiger partial charge in [-0.05, 0) is 35.9 Å². The van der Waals surface area contributed by atoms with Crippen LogP contribution < -0.4 is 5.32 Å². The van der Waals surface area contributed by atoms with Crippen LogP contribution in [0.25, 0.3) is 0 Å². The minimum atomic E-state index is 0.299. The van der Waals surface area contributed by atoms with Crippen LogP contribution in [0, 0.1) is 0 Å². The predicted octanol–water partition coefficient (Wildman–Crippen LogP) is 3.41. The first-order chi connectivity index (χ1) is 7.15. The van der Waals surface area contributed by atoms with E-state index in [2.05, 4.69) is 50.4 Å². The summed E-state index contributed by atoms with van der Waals surface area (Å²) >= 11 is 0. The predicted molar refractivity (Wildman–Crippen MR) is 65.1 cm³/mol. The summed E-state index contributed by atoms with van der Waals surface area (Å²) in [6, 6.07) is 9.49. The molecule has 1 heterocycles. The van der Waals surface area contributed by atoms with Crippen molar-refractivity contribution in [3.05, 3.63) is 35.4 Å². The zero-order chi connectivity index (χ0) is 10.9. The van der Waals surface area contributed by atoms with Crippen molar-refractivity contribution in [2.75, 3.05) is 6.54 Å². The Bertz CT molecular complexity index is 337. The molecule has 1 atom stereocenters. The molecule has 15 heavy (non-hydrogen) atoms. The maximum atomic E-state index is 3.50. The van der Waals surface area contributed by atoms with Gasteiger partial charge in [-0.1, -0.05) is 45.0 Å². The highest BCUT2D eigenvalue weighted by atomic mass is 15.0. The Balaban J connectivity index is 2.37. The molecule has 0 aliphatic carbocycles. The van der Waals surface area contributed by atoms with E-state index in [1.165, 1.54) is 30.5 Å². The topological polar surface area (TPSA) is 12.0 Å². The van der Waals surface area contributed by atoms with E-state index < -0.39 is 0 Å². The second kappa shape index (κ2) is 3.97. The van der Waals surface area contributed by atoms with E-state index in [0.717, 1.165) is 0 Å². The van der Waals surface area contributed by atoms with Crippen LogP contribution in [0.2, 0.25) is 0 Å². The van der Waals surface area contributed by atoms with Crippen molar-refractivity contribution in [2.24, 2.45) is 0 Å². The minimum absolute atomic E-state index is 0.299. The smallest absolute Gasteiger partial charge is 0.0335 e. The second-order valence-electron chi connectivity index (χ2n) is 5.12. The van der Waals surface area contributed by atoms with Gasteiger partial charge in [-0.15, -0.1) is 0 Å². The molecule has 0 spiro atoms. The van der Waals surface area contributed by atoms with Crippen molar-refractivity contribution >= 4 is 0 Å². The Morgan fingerprint density at radius 3 is 2.53 bits per heavy atom. The number of benzene rings is 1. The zero-order valence-electron chi connectivity index (χ0n) is 10.0. The van der Waals surface area contributed by atoms with Crippen LogP contribution in [0.4, 0.5) is 0 Å². The van der Waals surface area contributed by atoms with Gasteiger partial charge in [-0.3, -0.25) is 0 Å². The minimum Gasteiger partial charge on any atom is -0.310 e. The molecule has 1 fully saturated rings. The van der Waals surface area contributed by atoms with Gasteiger partial charge in [-0.25, -0.2) is 0 Å². The molecule has 1 aliphatic rings. The molecule has 2 rings (SSSR count). The average molecular weight is 203 g/mol. The third kappa shape index (κ3) is 1.93. The van der Waals surface area contributed by atoms with Crippen molar-refractivity contribution in [3.8, 4) is 0 Å². The van der Waals surface area contributed by atoms with Gasteiger partial charge in [0.05, 0.1) is 0 Å².